The molecule has 0 spiro atoms. The van der Waals surface area contributed by atoms with Crippen molar-refractivity contribution in [2.75, 3.05) is 18.5 Å². The van der Waals surface area contributed by atoms with Crippen molar-refractivity contribution >= 4 is 5.82 Å². The number of nitrogens with one attached hydrogen (secondary N) is 1. The van der Waals surface area contributed by atoms with Gasteiger partial charge >= 0.3 is 5.69 Å². The van der Waals surface area contributed by atoms with Gasteiger partial charge in [-0.3, -0.25) is 4.57 Å². The van der Waals surface area contributed by atoms with E-state index in [0.29, 0.717) is 22.6 Å². The average molecular weight is 452 g/mol. The smallest absolute Gasteiger partial charge is 0.350 e. The van der Waals surface area contributed by atoms with Gasteiger partial charge in [0.05, 0.1) is 11.7 Å². The minimum absolute atomic E-state index is 0.0282. The Morgan fingerprint density at radius 3 is 2.73 bits per heavy atom. The number of phenolic OH excluding ortho intramolecular Hbond substituents is 1. The van der Waals surface area contributed by atoms with Crippen LogP contribution in [-0.2, 0) is 7.05 Å². The van der Waals surface area contributed by atoms with Crippen LogP contribution in [0.3, 0.4) is 0 Å². The van der Waals surface area contributed by atoms with Crippen LogP contribution >= 0.6 is 0 Å². The summed E-state index contributed by atoms with van der Waals surface area (Å²) >= 11 is 0. The predicted octanol–water partition coefficient (Wildman–Crippen LogP) is 1.92. The molecule has 2 aliphatic heterocycles. The Bertz CT molecular complexity index is 1240. The van der Waals surface area contributed by atoms with Crippen LogP contribution in [0, 0.1) is 5.92 Å². The van der Waals surface area contributed by atoms with Crippen molar-refractivity contribution in [3.05, 3.63) is 47.1 Å². The second-order valence-corrected chi connectivity index (χ2v) is 9.18. The quantitative estimate of drug-likeness (QED) is 0.619. The van der Waals surface area contributed by atoms with Crippen LogP contribution < -0.4 is 15.9 Å². The monoisotopic (exact) mass is 451 g/mol. The molecular weight excluding hydrogens is 425 g/mol. The largest absolute Gasteiger partial charge is 0.507 e. The minimum atomic E-state index is -0.995. The number of rotatable bonds is 4. The van der Waals surface area contributed by atoms with E-state index in [4.69, 9.17) is 0 Å². The Morgan fingerprint density at radius 2 is 2.09 bits per heavy atom. The highest BCUT2D eigenvalue weighted by atomic mass is 19.1. The van der Waals surface area contributed by atoms with Crippen LogP contribution in [-0.4, -0.2) is 61.2 Å². The molecule has 4 atom stereocenters. The second kappa shape index (κ2) is 7.87. The van der Waals surface area contributed by atoms with Crippen molar-refractivity contribution in [2.45, 2.75) is 37.5 Å². The van der Waals surface area contributed by atoms with Gasteiger partial charge in [-0.15, -0.1) is 10.2 Å². The zero-order valence-corrected chi connectivity index (χ0v) is 18.7. The zero-order chi connectivity index (χ0) is 23.3. The summed E-state index contributed by atoms with van der Waals surface area (Å²) in [5, 5.41) is 22.5. The molecule has 2 bridgehead atoms. The third kappa shape index (κ3) is 3.64. The van der Waals surface area contributed by atoms with E-state index in [2.05, 4.69) is 25.5 Å². The molecule has 4 heterocycles. The first-order chi connectivity index (χ1) is 15.8. The number of benzene rings is 1. The highest BCUT2D eigenvalue weighted by Crippen LogP contribution is 2.42. The Labute approximate surface area is 190 Å². The van der Waals surface area contributed by atoms with Crippen LogP contribution in [0.2, 0.25) is 0 Å². The van der Waals surface area contributed by atoms with Crippen molar-refractivity contribution in [1.82, 2.24) is 30.0 Å². The van der Waals surface area contributed by atoms with E-state index in [1.165, 1.54) is 17.0 Å². The Balaban J connectivity index is 1.38. The van der Waals surface area contributed by atoms with Crippen molar-refractivity contribution in [3.63, 3.8) is 0 Å². The second-order valence-electron chi connectivity index (χ2n) is 9.18. The molecule has 3 fully saturated rings. The molecule has 3 aromatic rings. The lowest BCUT2D eigenvalue weighted by Crippen LogP contribution is -2.70. The lowest BCUT2D eigenvalue weighted by Gasteiger charge is -2.54. The number of hydrogen-bond acceptors (Lipinski definition) is 8. The molecular formula is C23H26FN7O2. The van der Waals surface area contributed by atoms with E-state index in [-0.39, 0.29) is 23.5 Å². The van der Waals surface area contributed by atoms with Gasteiger partial charge in [0.15, 0.2) is 11.6 Å². The van der Waals surface area contributed by atoms with Crippen molar-refractivity contribution in [2.24, 2.45) is 13.0 Å². The predicted molar refractivity (Wildman–Crippen MR) is 122 cm³/mol. The third-order valence-electron chi connectivity index (χ3n) is 7.04. The Morgan fingerprint density at radius 1 is 1.27 bits per heavy atom. The molecule has 10 heteroatoms. The standard InChI is InChI=1S/C23H26FN7O2/c1-23-9-8-14(11-26-23)19(20(23)24)31(3)18-7-6-16(28-29-18)15-5-4-13(10-17(15)32)21-25-12-30(2)22(33)27-21/h4-7,10,12,14,19-20,26,32H,8-9,11H2,1-3H3/t14-,19+,20+,23-/m1/s1. The molecule has 2 saturated heterocycles. The highest BCUT2D eigenvalue weighted by Gasteiger charge is 2.53. The summed E-state index contributed by atoms with van der Waals surface area (Å²) in [5.74, 6) is 1.02. The van der Waals surface area contributed by atoms with Crippen LogP contribution in [0.1, 0.15) is 19.8 Å². The molecule has 6 rings (SSSR count). The SMILES string of the molecule is CN(c1ccc(-c2ccc(-c3ncn(C)c(=O)n3)cc2O)nn1)[C@H]1[C@@H]2CC[C@@](C)(NC2)[C@H]1F. The number of phenols is 1. The summed E-state index contributed by atoms with van der Waals surface area (Å²) in [6, 6.07) is 8.19. The van der Waals surface area contributed by atoms with Gasteiger partial charge in [0.25, 0.3) is 0 Å². The van der Waals surface area contributed by atoms with Gasteiger partial charge in [-0.2, -0.15) is 4.98 Å². The van der Waals surface area contributed by atoms with E-state index >= 15 is 4.39 Å². The summed E-state index contributed by atoms with van der Waals surface area (Å²) in [7, 11) is 3.43. The summed E-state index contributed by atoms with van der Waals surface area (Å²) in [4.78, 5) is 21.7. The molecule has 2 N–H and O–H groups in total. The summed E-state index contributed by atoms with van der Waals surface area (Å²) < 4.78 is 16.5. The molecule has 3 aliphatic rings. The molecule has 172 valence electrons. The molecule has 0 unspecified atom stereocenters. The Kier molecular flexibility index (Phi) is 5.12. The van der Waals surface area contributed by atoms with Gasteiger partial charge < -0.3 is 15.3 Å². The topological polar surface area (TPSA) is 109 Å². The maximum atomic E-state index is 15.3. The number of halogens is 1. The van der Waals surface area contributed by atoms with Crippen molar-refractivity contribution in [1.29, 1.82) is 0 Å². The van der Waals surface area contributed by atoms with Gasteiger partial charge in [0, 0.05) is 37.3 Å². The zero-order valence-electron chi connectivity index (χ0n) is 18.7. The van der Waals surface area contributed by atoms with E-state index in [0.717, 1.165) is 19.4 Å². The van der Waals surface area contributed by atoms with Crippen LogP contribution in [0.15, 0.2) is 41.5 Å². The first kappa shape index (κ1) is 21.4. The first-order valence-corrected chi connectivity index (χ1v) is 11.0. The molecule has 0 amide bonds. The van der Waals surface area contributed by atoms with Gasteiger partial charge in [-0.1, -0.05) is 6.07 Å². The third-order valence-corrected chi connectivity index (χ3v) is 7.04. The normalized spacial score (nSPS) is 26.4. The fraction of sp³-hybridized carbons (Fsp3) is 0.435. The number of piperidine rings is 2. The number of aromatic hydroxyl groups is 1. The van der Waals surface area contributed by atoms with E-state index in [1.54, 1.807) is 31.3 Å². The highest BCUT2D eigenvalue weighted by molar-refractivity contribution is 5.72. The fourth-order valence-corrected chi connectivity index (χ4v) is 4.92. The van der Waals surface area contributed by atoms with Crippen molar-refractivity contribution < 1.29 is 9.50 Å². The molecule has 33 heavy (non-hydrogen) atoms. The van der Waals surface area contributed by atoms with E-state index in [1.807, 2.05) is 18.9 Å². The van der Waals surface area contributed by atoms with Crippen LogP contribution in [0.4, 0.5) is 10.2 Å². The van der Waals surface area contributed by atoms with Gasteiger partial charge in [0.2, 0.25) is 0 Å². The lowest BCUT2D eigenvalue weighted by molar-refractivity contribution is 0.0102. The Hall–Kier alpha value is -3.40. The maximum Gasteiger partial charge on any atom is 0.350 e. The van der Waals surface area contributed by atoms with Gasteiger partial charge in [-0.25, -0.2) is 14.2 Å². The molecule has 9 nitrogen and oxygen atoms in total. The molecule has 1 aromatic carbocycles. The lowest BCUT2D eigenvalue weighted by atomic mass is 9.68. The number of hydrogen-bond donors (Lipinski definition) is 2. The molecule has 2 aromatic heterocycles. The number of alkyl halides is 1. The number of nitrogens with zero attached hydrogens (tertiary/aromatic N) is 6. The fourth-order valence-electron chi connectivity index (χ4n) is 4.92. The first-order valence-electron chi connectivity index (χ1n) is 11.0. The van der Waals surface area contributed by atoms with Crippen LogP contribution in [0.5, 0.6) is 5.75 Å². The summed E-state index contributed by atoms with van der Waals surface area (Å²) in [6.07, 6.45) is 2.21. The van der Waals surface area contributed by atoms with Gasteiger partial charge in [0.1, 0.15) is 18.2 Å². The van der Waals surface area contributed by atoms with E-state index < -0.39 is 17.4 Å². The summed E-state index contributed by atoms with van der Waals surface area (Å²) in [5.41, 5.74) is 0.557. The maximum absolute atomic E-state index is 15.3. The summed E-state index contributed by atoms with van der Waals surface area (Å²) in [6.45, 7) is 2.75. The molecule has 1 saturated carbocycles. The molecule has 1 aliphatic carbocycles. The van der Waals surface area contributed by atoms with Crippen molar-refractivity contribution in [3.8, 4) is 28.4 Å². The van der Waals surface area contributed by atoms with E-state index in [9.17, 15) is 9.90 Å². The van der Waals surface area contributed by atoms with Crippen LogP contribution in [0.25, 0.3) is 22.6 Å². The van der Waals surface area contributed by atoms with Gasteiger partial charge in [-0.05, 0) is 49.9 Å². The number of aryl methyl sites for hydroxylation is 1. The number of aromatic nitrogens is 5. The average Bonchev–Trinajstić information content (AvgIpc) is 2.82. The minimum Gasteiger partial charge on any atom is -0.507 e. The molecule has 0 radical (unpaired) electrons. The number of anilines is 1. The number of fused-ring (bicyclic) bond motifs is 3.